The zero-order valence-electron chi connectivity index (χ0n) is 22.3. The van der Waals surface area contributed by atoms with Crippen LogP contribution in [-0.2, 0) is 22.9 Å². The normalized spacial score (nSPS) is 11.1. The molecule has 0 fully saturated rings. The van der Waals surface area contributed by atoms with Gasteiger partial charge in [-0.2, -0.15) is 0 Å². The van der Waals surface area contributed by atoms with E-state index in [1.54, 1.807) is 6.07 Å². The van der Waals surface area contributed by atoms with Crippen molar-refractivity contribution in [2.45, 2.75) is 73.6 Å². The molecule has 0 aromatic heterocycles. The Bertz CT molecular complexity index is 1170. The summed E-state index contributed by atoms with van der Waals surface area (Å²) in [5.41, 5.74) is 9.13. The molecule has 0 saturated carbocycles. The molecular weight excluding hydrogens is 491 g/mol. The molecule has 0 bridgehead atoms. The summed E-state index contributed by atoms with van der Waals surface area (Å²) in [5.74, 6) is -0.805. The van der Waals surface area contributed by atoms with Gasteiger partial charge in [-0.15, -0.1) is 11.5 Å². The smallest absolute Gasteiger partial charge is 0.873 e. The van der Waals surface area contributed by atoms with E-state index >= 15 is 0 Å². The molecule has 4 nitrogen and oxygen atoms in total. The Morgan fingerprint density at radius 1 is 0.722 bits per heavy atom. The van der Waals surface area contributed by atoms with Crippen LogP contribution in [0, 0.1) is 27.7 Å². The number of unbranched alkanes of at least 4 members (excludes halogenated alkanes) is 1. The summed E-state index contributed by atoms with van der Waals surface area (Å²) in [7, 11) is 0. The number of benzene rings is 3. The first kappa shape index (κ1) is 31.1. The van der Waals surface area contributed by atoms with E-state index in [0.29, 0.717) is 0 Å². The fourth-order valence-corrected chi connectivity index (χ4v) is 3.42. The maximum Gasteiger partial charge on any atom is 2.00 e. The molecule has 194 valence electrons. The van der Waals surface area contributed by atoms with Crippen LogP contribution in [0.1, 0.15) is 67.3 Å². The number of rotatable bonds is 8. The summed E-state index contributed by atoms with van der Waals surface area (Å²) in [4.78, 5) is 9.46. The van der Waals surface area contributed by atoms with Gasteiger partial charge in [0.2, 0.25) is 0 Å². The Morgan fingerprint density at radius 2 is 1.33 bits per heavy atom. The van der Waals surface area contributed by atoms with Gasteiger partial charge >= 0.3 is 16.5 Å². The summed E-state index contributed by atoms with van der Waals surface area (Å²) < 4.78 is 0. The fourth-order valence-electron chi connectivity index (χ4n) is 3.42. The van der Waals surface area contributed by atoms with Gasteiger partial charge in [0.05, 0.1) is 17.1 Å². The first-order valence-electron chi connectivity index (χ1n) is 12.5. The van der Waals surface area contributed by atoms with Crippen LogP contribution in [0.4, 0.5) is 11.4 Å². The minimum atomic E-state index is -0.412. The van der Waals surface area contributed by atoms with Crippen LogP contribution >= 0.6 is 0 Å². The fraction of sp³-hybridized carbons (Fsp3) is 0.355. The molecule has 0 unspecified atom stereocenters. The van der Waals surface area contributed by atoms with E-state index in [4.69, 9.17) is 4.99 Å². The molecule has 0 radical (unpaired) electrons. The Labute approximate surface area is 227 Å². The quantitative estimate of drug-likeness (QED) is 0.226. The van der Waals surface area contributed by atoms with Gasteiger partial charge in [-0.25, -0.2) is 0 Å². The summed E-state index contributed by atoms with van der Waals surface area (Å²) in [6.45, 7) is 12.7. The standard InChI is InChI=1S/C22H28N2.C9H12O2.Ni/c1-6-7-8-22(24-21-12-10-17(3)19(5)14-21)15-23-20-11-9-16(2)18(4)13-20;1-2-3-7-4-5-8(10)9(11)6-7;/h9-15H,6-8H2,1-5H3;4-6,10-11H,2-3H2,1H3;/q;;+2/p-2. The zero-order valence-corrected chi connectivity index (χ0v) is 23.3. The average molecular weight is 529 g/mol. The van der Waals surface area contributed by atoms with Gasteiger partial charge in [-0.3, -0.25) is 9.98 Å². The third-order valence-electron chi connectivity index (χ3n) is 5.95. The Hall–Kier alpha value is -2.91. The molecule has 3 aromatic carbocycles. The molecule has 0 amide bonds. The van der Waals surface area contributed by atoms with Crippen molar-refractivity contribution in [2.75, 3.05) is 0 Å². The maximum atomic E-state index is 10.8. The molecular formula is C31H38N2NiO2. The van der Waals surface area contributed by atoms with Crippen molar-refractivity contribution >= 4 is 23.3 Å². The van der Waals surface area contributed by atoms with Gasteiger partial charge in [-0.1, -0.05) is 57.0 Å². The molecule has 5 heteroatoms. The molecule has 0 aliphatic heterocycles. The summed E-state index contributed by atoms with van der Waals surface area (Å²) in [6.07, 6.45) is 7.03. The predicted molar refractivity (Wildman–Crippen MR) is 146 cm³/mol. The van der Waals surface area contributed by atoms with Gasteiger partial charge in [0.1, 0.15) is 0 Å². The molecule has 3 aromatic rings. The van der Waals surface area contributed by atoms with E-state index in [0.717, 1.165) is 54.8 Å². The van der Waals surface area contributed by atoms with Crippen molar-refractivity contribution < 1.29 is 26.7 Å². The molecule has 0 atom stereocenters. The van der Waals surface area contributed by atoms with Crippen LogP contribution in [0.5, 0.6) is 11.5 Å². The SMILES string of the molecule is CCCCC(C=Nc1ccc(C)c(C)c1)=Nc1ccc(C)c(C)c1.CCCc1ccc([O-])c([O-])c1.[Ni+2]. The number of hydrogen-bond donors (Lipinski definition) is 0. The molecule has 0 N–H and O–H groups in total. The Morgan fingerprint density at radius 3 is 1.89 bits per heavy atom. The predicted octanol–water partition coefficient (Wildman–Crippen LogP) is 7.37. The molecule has 0 heterocycles. The van der Waals surface area contributed by atoms with Gasteiger partial charge in [-0.05, 0) is 99.0 Å². The van der Waals surface area contributed by atoms with Gasteiger partial charge in [0, 0.05) is 6.21 Å². The molecule has 0 spiro atoms. The topological polar surface area (TPSA) is 70.8 Å². The second-order valence-corrected chi connectivity index (χ2v) is 9.03. The van der Waals surface area contributed by atoms with Gasteiger partial charge in [0.25, 0.3) is 0 Å². The van der Waals surface area contributed by atoms with Crippen molar-refractivity contribution in [1.29, 1.82) is 0 Å². The number of aliphatic imine (C=N–C) groups is 2. The largest absolute Gasteiger partial charge is 2.00 e. The van der Waals surface area contributed by atoms with E-state index in [2.05, 4.69) is 76.0 Å². The Kier molecular flexibility index (Phi) is 13.8. The summed E-state index contributed by atoms with van der Waals surface area (Å²) in [5, 5.41) is 21.5. The van der Waals surface area contributed by atoms with Crippen molar-refractivity contribution in [1.82, 2.24) is 0 Å². The molecule has 36 heavy (non-hydrogen) atoms. The van der Waals surface area contributed by atoms with E-state index in [1.807, 2.05) is 13.1 Å². The monoisotopic (exact) mass is 528 g/mol. The number of aryl methyl sites for hydroxylation is 5. The first-order chi connectivity index (χ1) is 16.7. The summed E-state index contributed by atoms with van der Waals surface area (Å²) in [6, 6.07) is 17.1. The third kappa shape index (κ3) is 10.4. The van der Waals surface area contributed by atoms with Crippen molar-refractivity contribution in [3.05, 3.63) is 82.4 Å². The zero-order chi connectivity index (χ0) is 25.8. The van der Waals surface area contributed by atoms with Crippen LogP contribution in [0.3, 0.4) is 0 Å². The van der Waals surface area contributed by atoms with Gasteiger partial charge in [0.15, 0.2) is 0 Å². The van der Waals surface area contributed by atoms with Crippen LogP contribution in [-0.4, -0.2) is 11.9 Å². The second-order valence-electron chi connectivity index (χ2n) is 9.03. The second kappa shape index (κ2) is 16.0. The summed E-state index contributed by atoms with van der Waals surface area (Å²) >= 11 is 0. The number of hydrogen-bond acceptors (Lipinski definition) is 4. The molecule has 3 rings (SSSR count). The average Bonchev–Trinajstić information content (AvgIpc) is 2.83. The molecule has 0 aliphatic carbocycles. The molecule has 0 aliphatic rings. The van der Waals surface area contributed by atoms with Crippen LogP contribution < -0.4 is 10.2 Å². The third-order valence-corrected chi connectivity index (χ3v) is 5.95. The maximum absolute atomic E-state index is 10.8. The Balaban J connectivity index is 0.000000454. The van der Waals surface area contributed by atoms with Crippen molar-refractivity contribution in [2.24, 2.45) is 9.98 Å². The van der Waals surface area contributed by atoms with E-state index in [-0.39, 0.29) is 16.5 Å². The minimum absolute atomic E-state index is 0. The van der Waals surface area contributed by atoms with E-state index in [9.17, 15) is 10.2 Å². The van der Waals surface area contributed by atoms with E-state index in [1.165, 1.54) is 34.4 Å². The number of nitrogens with zero attached hydrogens (tertiary/aromatic N) is 2. The van der Waals surface area contributed by atoms with Gasteiger partial charge < -0.3 is 10.2 Å². The van der Waals surface area contributed by atoms with Crippen LogP contribution in [0.25, 0.3) is 0 Å². The minimum Gasteiger partial charge on any atom is -0.873 e. The van der Waals surface area contributed by atoms with Crippen LogP contribution in [0.2, 0.25) is 0 Å². The van der Waals surface area contributed by atoms with Crippen molar-refractivity contribution in [3.8, 4) is 11.5 Å². The first-order valence-corrected chi connectivity index (χ1v) is 12.5. The van der Waals surface area contributed by atoms with Crippen molar-refractivity contribution in [3.63, 3.8) is 0 Å². The molecule has 0 saturated heterocycles. The van der Waals surface area contributed by atoms with Crippen LogP contribution in [0.15, 0.2) is 64.6 Å². The van der Waals surface area contributed by atoms with E-state index < -0.39 is 11.5 Å².